The molecule has 13 nitrogen and oxygen atoms in total. The third-order valence-corrected chi connectivity index (χ3v) is 12.3. The maximum Gasteiger partial charge on any atom is 0.315 e. The zero-order valence-corrected chi connectivity index (χ0v) is 30.6. The lowest BCUT2D eigenvalue weighted by Gasteiger charge is -2.43. The average Bonchev–Trinajstić information content (AvgIpc) is 3.27. The first-order valence-electron chi connectivity index (χ1n) is 17.0. The lowest BCUT2D eigenvalue weighted by atomic mass is 9.70. The molecule has 1 saturated heterocycles. The van der Waals surface area contributed by atoms with Gasteiger partial charge in [0.2, 0.25) is 27.6 Å². The minimum atomic E-state index is -3.50. The van der Waals surface area contributed by atoms with E-state index in [2.05, 4.69) is 29.8 Å². The van der Waals surface area contributed by atoms with Gasteiger partial charge in [-0.3, -0.25) is 19.2 Å². The number of ketones is 1. The molecule has 47 heavy (non-hydrogen) atoms. The van der Waals surface area contributed by atoms with Gasteiger partial charge in [-0.1, -0.05) is 80.6 Å². The Kier molecular flexibility index (Phi) is 11.9. The Hall–Kier alpha value is -2.74. The number of primary amides is 1. The largest absolute Gasteiger partial charge is 0.363 e. The van der Waals surface area contributed by atoms with Crippen LogP contribution < -0.4 is 21.7 Å². The summed E-state index contributed by atoms with van der Waals surface area (Å²) < 4.78 is 25.5. The fourth-order valence-electron chi connectivity index (χ4n) is 7.53. The number of rotatable bonds is 14. The molecule has 0 aromatic rings. The summed E-state index contributed by atoms with van der Waals surface area (Å²) in [4.78, 5) is 68.3. The van der Waals surface area contributed by atoms with E-state index in [0.717, 1.165) is 31.9 Å². The Morgan fingerprint density at radius 2 is 1.60 bits per heavy atom. The van der Waals surface area contributed by atoms with E-state index in [4.69, 9.17) is 5.73 Å². The van der Waals surface area contributed by atoms with E-state index in [0.29, 0.717) is 25.8 Å². The lowest BCUT2D eigenvalue weighted by molar-refractivity contribution is -0.145. The zero-order chi connectivity index (χ0) is 35.7. The molecule has 3 rings (SSSR count). The Morgan fingerprint density at radius 3 is 2.11 bits per heavy atom. The molecule has 0 radical (unpaired) electrons. The van der Waals surface area contributed by atoms with E-state index >= 15 is 0 Å². The maximum absolute atomic E-state index is 14.6. The number of unbranched alkanes of at least 4 members (excludes halogenated alkanes) is 1. The highest BCUT2D eigenvalue weighted by molar-refractivity contribution is 7.88. The number of piperidine rings is 1. The summed E-state index contributed by atoms with van der Waals surface area (Å²) in [6.45, 7) is 14.1. The van der Waals surface area contributed by atoms with E-state index in [1.165, 1.54) is 11.4 Å². The maximum atomic E-state index is 14.6. The Bertz CT molecular complexity index is 1320. The van der Waals surface area contributed by atoms with Gasteiger partial charge in [0.1, 0.15) is 12.1 Å². The lowest BCUT2D eigenvalue weighted by Crippen LogP contribution is -2.63. The molecule has 5 N–H and O–H groups in total. The summed E-state index contributed by atoms with van der Waals surface area (Å²) in [5.41, 5.74) is 4.01. The molecular formula is C33H58N6O7S. The summed E-state index contributed by atoms with van der Waals surface area (Å²) in [6.07, 6.45) is 6.93. The minimum Gasteiger partial charge on any atom is -0.363 e. The first-order valence-corrected chi connectivity index (χ1v) is 18.8. The normalized spacial score (nSPS) is 25.2. The fraction of sp³-hybridized carbons (Fsp3) is 0.848. The van der Waals surface area contributed by atoms with E-state index < -0.39 is 68.6 Å². The second kappa shape index (κ2) is 14.4. The number of nitrogens with one attached hydrogen (secondary N) is 3. The van der Waals surface area contributed by atoms with Crippen LogP contribution in [0.3, 0.4) is 0 Å². The third-order valence-electron chi connectivity index (χ3n) is 11.1. The topological polar surface area (TPSA) is 188 Å². The van der Waals surface area contributed by atoms with Crippen molar-refractivity contribution in [2.45, 2.75) is 124 Å². The average molecular weight is 683 g/mol. The van der Waals surface area contributed by atoms with Gasteiger partial charge in [0.05, 0.1) is 12.3 Å². The van der Waals surface area contributed by atoms with Gasteiger partial charge in [-0.25, -0.2) is 17.5 Å². The molecule has 14 heteroatoms. The second-order valence-corrected chi connectivity index (χ2v) is 18.1. The van der Waals surface area contributed by atoms with Crippen LogP contribution in [-0.4, -0.2) is 97.7 Å². The van der Waals surface area contributed by atoms with Gasteiger partial charge in [0, 0.05) is 26.2 Å². The predicted octanol–water partition coefficient (Wildman–Crippen LogP) is 2.14. The number of carbonyl (C=O) groups excluding carboxylic acids is 5. The first-order chi connectivity index (χ1) is 21.6. The summed E-state index contributed by atoms with van der Waals surface area (Å²) >= 11 is 0. The minimum absolute atomic E-state index is 0.0433. The highest BCUT2D eigenvalue weighted by Crippen LogP contribution is 2.65. The molecule has 0 spiro atoms. The molecule has 3 fully saturated rings. The highest BCUT2D eigenvalue weighted by atomic mass is 32.2. The summed E-state index contributed by atoms with van der Waals surface area (Å²) in [5, 5.41) is 8.67. The molecule has 0 aromatic carbocycles. The molecule has 0 bridgehead atoms. The first kappa shape index (κ1) is 38.7. The molecule has 1 unspecified atom stereocenters. The SMILES string of the molecule is CCCCC(NC(=O)[C@@H]1[C@@H]2[C@H](CN1C(=O)[C@@H](NC(=O)N[C@H](CN(C)S(C)(=O)=O)C(C)(C)C)C1(C)CCCCC1)C2(C)C)C(=O)C(N)=O. The number of hydrogen-bond donors (Lipinski definition) is 4. The van der Waals surface area contributed by atoms with E-state index in [1.807, 2.05) is 34.6 Å². The molecule has 0 aromatic heterocycles. The number of carbonyl (C=O) groups is 5. The van der Waals surface area contributed by atoms with Crippen LogP contribution in [0.15, 0.2) is 0 Å². The summed E-state index contributed by atoms with van der Waals surface area (Å²) in [7, 11) is -2.05. The number of sulfonamides is 1. The van der Waals surface area contributed by atoms with Gasteiger partial charge < -0.3 is 26.6 Å². The smallest absolute Gasteiger partial charge is 0.315 e. The standard InChI is InChI=1S/C33H58N6O7S/c1-10-11-15-21(25(40)27(34)41)35-28(42)24-23-20(32(23,5)6)18-39(24)29(43)26(33(7)16-13-12-14-17-33)37-30(44)36-22(31(2,3)4)19-38(8)47(9,45)46/h20-24,26H,10-19H2,1-9H3,(H2,34,41)(H,35,42)(H2,36,37,44)/t20-,21?,22+,23-,24-,26+/m0/s1. The number of likely N-dealkylation sites (N-methyl/N-ethyl adjacent to an activating group) is 1. The number of fused-ring (bicyclic) bond motifs is 1. The van der Waals surface area contributed by atoms with Crippen molar-refractivity contribution in [1.29, 1.82) is 0 Å². The van der Waals surface area contributed by atoms with Gasteiger partial charge >= 0.3 is 6.03 Å². The Balaban J connectivity index is 1.92. The van der Waals surface area contributed by atoms with Crippen molar-refractivity contribution in [2.24, 2.45) is 33.8 Å². The number of Topliss-reactive ketones (excluding diaryl/α,β-unsaturated/α-hetero) is 1. The van der Waals surface area contributed by atoms with Gasteiger partial charge in [-0.2, -0.15) is 0 Å². The molecule has 6 atom stereocenters. The predicted molar refractivity (Wildman–Crippen MR) is 179 cm³/mol. The Morgan fingerprint density at radius 1 is 1.00 bits per heavy atom. The van der Waals surface area contributed by atoms with Crippen molar-refractivity contribution in [3.05, 3.63) is 0 Å². The molecule has 3 aliphatic rings. The van der Waals surface area contributed by atoms with Crippen molar-refractivity contribution in [1.82, 2.24) is 25.2 Å². The zero-order valence-electron chi connectivity index (χ0n) is 29.8. The molecule has 268 valence electrons. The van der Waals surface area contributed by atoms with Gasteiger partial charge in [0.25, 0.3) is 5.91 Å². The molecule has 2 aliphatic carbocycles. The molecule has 5 amide bonds. The van der Waals surface area contributed by atoms with Crippen LogP contribution in [0.1, 0.15) is 99.8 Å². The highest BCUT2D eigenvalue weighted by Gasteiger charge is 2.70. The van der Waals surface area contributed by atoms with Crippen LogP contribution in [-0.2, 0) is 29.2 Å². The van der Waals surface area contributed by atoms with Crippen LogP contribution in [0.25, 0.3) is 0 Å². The van der Waals surface area contributed by atoms with Crippen molar-refractivity contribution in [2.75, 3.05) is 26.4 Å². The van der Waals surface area contributed by atoms with Crippen LogP contribution in [0, 0.1) is 28.1 Å². The second-order valence-electron chi connectivity index (χ2n) is 16.0. The molecule has 2 saturated carbocycles. The Labute approximate surface area is 280 Å². The van der Waals surface area contributed by atoms with E-state index in [9.17, 15) is 32.4 Å². The van der Waals surface area contributed by atoms with Gasteiger partial charge in [0.15, 0.2) is 0 Å². The van der Waals surface area contributed by atoms with Gasteiger partial charge in [-0.15, -0.1) is 0 Å². The monoisotopic (exact) mass is 682 g/mol. The van der Waals surface area contributed by atoms with Crippen molar-refractivity contribution in [3.63, 3.8) is 0 Å². The van der Waals surface area contributed by atoms with Crippen LogP contribution in [0.2, 0.25) is 0 Å². The fourth-order valence-corrected chi connectivity index (χ4v) is 7.95. The van der Waals surface area contributed by atoms with E-state index in [1.54, 1.807) is 4.90 Å². The van der Waals surface area contributed by atoms with Crippen molar-refractivity contribution >= 4 is 39.6 Å². The summed E-state index contributed by atoms with van der Waals surface area (Å²) in [5.74, 6) is -2.93. The number of hydrogen-bond acceptors (Lipinski definition) is 7. The summed E-state index contributed by atoms with van der Waals surface area (Å²) in [6, 6.07) is -4.06. The molecular weight excluding hydrogens is 624 g/mol. The number of nitrogens with two attached hydrogens (primary N) is 1. The number of nitrogens with zero attached hydrogens (tertiary/aromatic N) is 2. The third kappa shape index (κ3) is 8.84. The molecule has 1 heterocycles. The van der Waals surface area contributed by atoms with Crippen molar-refractivity contribution in [3.8, 4) is 0 Å². The van der Waals surface area contributed by atoms with Crippen LogP contribution in [0.5, 0.6) is 0 Å². The number of likely N-dealkylation sites (tertiary alicyclic amines) is 1. The number of urea groups is 1. The molecule has 1 aliphatic heterocycles. The number of amides is 5. The van der Waals surface area contributed by atoms with Crippen LogP contribution >= 0.6 is 0 Å². The van der Waals surface area contributed by atoms with E-state index in [-0.39, 0.29) is 36.1 Å². The quantitative estimate of drug-likeness (QED) is 0.202. The van der Waals surface area contributed by atoms with Crippen LogP contribution in [0.4, 0.5) is 4.79 Å². The van der Waals surface area contributed by atoms with Crippen molar-refractivity contribution < 1.29 is 32.4 Å². The van der Waals surface area contributed by atoms with Gasteiger partial charge in [-0.05, 0) is 47.3 Å².